The Kier molecular flexibility index (Phi) is 7.53. The zero-order chi connectivity index (χ0) is 25.8. The molecule has 3 aromatic rings. The fourth-order valence-electron chi connectivity index (χ4n) is 4.85. The number of aromatic nitrogens is 2. The molecular formula is C27H31ClN4O5. The number of imidazole rings is 1. The topological polar surface area (TPSA) is 91.9 Å². The van der Waals surface area contributed by atoms with Gasteiger partial charge in [-0.3, -0.25) is 4.57 Å². The first kappa shape index (κ1) is 25.4. The summed E-state index contributed by atoms with van der Waals surface area (Å²) in [5, 5.41) is 11.6. The first-order valence-electron chi connectivity index (χ1n) is 12.6. The highest BCUT2D eigenvalue weighted by Gasteiger charge is 2.41. The minimum absolute atomic E-state index is 0.208. The van der Waals surface area contributed by atoms with E-state index >= 15 is 0 Å². The molecule has 3 heterocycles. The first-order chi connectivity index (χ1) is 17.9. The molecule has 5 rings (SSSR count). The molecule has 0 saturated carbocycles. The molecule has 0 amide bonds. The largest absolute Gasteiger partial charge is 0.489 e. The maximum Gasteiger partial charge on any atom is 0.415 e. The molecule has 1 saturated heterocycles. The lowest BCUT2D eigenvalue weighted by molar-refractivity contribution is -0.389. The Morgan fingerprint density at radius 2 is 1.89 bits per heavy atom. The van der Waals surface area contributed by atoms with Crippen LogP contribution in [0.4, 0.5) is 11.5 Å². The van der Waals surface area contributed by atoms with Gasteiger partial charge in [-0.15, -0.1) is 0 Å². The number of nitrogens with zero attached hydrogens (tertiary/aromatic N) is 4. The van der Waals surface area contributed by atoms with Gasteiger partial charge in [0.25, 0.3) is 0 Å². The Hall–Kier alpha value is -3.30. The molecule has 0 radical (unpaired) electrons. The van der Waals surface area contributed by atoms with Crippen molar-refractivity contribution in [2.24, 2.45) is 5.92 Å². The average Bonchev–Trinajstić information content (AvgIpc) is 3.43. The van der Waals surface area contributed by atoms with E-state index in [1.54, 1.807) is 4.57 Å². The van der Waals surface area contributed by atoms with Crippen LogP contribution in [0.3, 0.4) is 0 Å². The summed E-state index contributed by atoms with van der Waals surface area (Å²) < 4.78 is 19.3. The van der Waals surface area contributed by atoms with Crippen LogP contribution in [0.1, 0.15) is 31.7 Å². The molecule has 1 fully saturated rings. The van der Waals surface area contributed by atoms with Crippen LogP contribution >= 0.6 is 11.6 Å². The summed E-state index contributed by atoms with van der Waals surface area (Å²) in [5.41, 5.74) is 1.71. The summed E-state index contributed by atoms with van der Waals surface area (Å²) in [6, 6.07) is 16.2. The number of piperidine rings is 1. The van der Waals surface area contributed by atoms with E-state index in [4.69, 9.17) is 25.8 Å². The third-order valence-corrected chi connectivity index (χ3v) is 7.22. The molecule has 0 aliphatic carbocycles. The average molecular weight is 527 g/mol. The summed E-state index contributed by atoms with van der Waals surface area (Å²) in [7, 11) is 0. The predicted molar refractivity (Wildman–Crippen MR) is 141 cm³/mol. The maximum absolute atomic E-state index is 10.9. The fraction of sp³-hybridized carbons (Fsp3) is 0.444. The zero-order valence-electron chi connectivity index (χ0n) is 20.8. The van der Waals surface area contributed by atoms with Crippen LogP contribution in [-0.4, -0.2) is 46.4 Å². The molecule has 2 aliphatic heterocycles. The van der Waals surface area contributed by atoms with Gasteiger partial charge in [0.1, 0.15) is 18.6 Å². The van der Waals surface area contributed by atoms with Crippen molar-refractivity contribution in [1.82, 2.24) is 9.55 Å². The predicted octanol–water partition coefficient (Wildman–Crippen LogP) is 5.50. The highest BCUT2D eigenvalue weighted by atomic mass is 35.5. The number of fused-ring (bicyclic) bond motifs is 1. The van der Waals surface area contributed by atoms with E-state index in [-0.39, 0.29) is 11.8 Å². The van der Waals surface area contributed by atoms with Gasteiger partial charge in [-0.05, 0) is 79.0 Å². The summed E-state index contributed by atoms with van der Waals surface area (Å²) in [6.07, 6.45) is 4.80. The lowest BCUT2D eigenvalue weighted by Gasteiger charge is -2.33. The van der Waals surface area contributed by atoms with E-state index in [9.17, 15) is 10.1 Å². The molecule has 1 aromatic heterocycles. The minimum atomic E-state index is -0.628. The van der Waals surface area contributed by atoms with Crippen molar-refractivity contribution in [2.75, 3.05) is 31.2 Å². The van der Waals surface area contributed by atoms with Crippen molar-refractivity contribution >= 4 is 23.1 Å². The van der Waals surface area contributed by atoms with Gasteiger partial charge in [0, 0.05) is 35.4 Å². The van der Waals surface area contributed by atoms with Gasteiger partial charge in [-0.1, -0.05) is 23.7 Å². The standard InChI is InChI=1S/C27H31ClN4O5/c1-27(18-31-16-25(32(33)34)29-26(31)37-27)19-36-24-8-6-23(7-9-24)30-13-10-20(11-14-30)12-15-35-17-21-2-4-22(28)5-3-21/h2-9,16,20H,10-15,17-19H2,1H3/t27-/m1/s1. The van der Waals surface area contributed by atoms with Crippen molar-refractivity contribution in [2.45, 2.75) is 44.9 Å². The number of benzene rings is 2. The Morgan fingerprint density at radius 1 is 1.16 bits per heavy atom. The Morgan fingerprint density at radius 3 is 2.57 bits per heavy atom. The molecule has 1 atom stereocenters. The van der Waals surface area contributed by atoms with E-state index in [1.807, 2.05) is 43.3 Å². The summed E-state index contributed by atoms with van der Waals surface area (Å²) in [5.74, 6) is 1.24. The molecule has 37 heavy (non-hydrogen) atoms. The molecule has 0 spiro atoms. The zero-order valence-corrected chi connectivity index (χ0v) is 21.6. The molecule has 2 aromatic carbocycles. The highest BCUT2D eigenvalue weighted by molar-refractivity contribution is 6.30. The molecule has 2 aliphatic rings. The highest BCUT2D eigenvalue weighted by Crippen LogP contribution is 2.32. The Labute approximate surface area is 221 Å². The van der Waals surface area contributed by atoms with Crippen molar-refractivity contribution < 1.29 is 19.1 Å². The van der Waals surface area contributed by atoms with Crippen LogP contribution in [0.5, 0.6) is 11.8 Å². The van der Waals surface area contributed by atoms with Gasteiger partial charge in [0.2, 0.25) is 0 Å². The number of halogens is 1. The van der Waals surface area contributed by atoms with Crippen molar-refractivity contribution in [1.29, 1.82) is 0 Å². The van der Waals surface area contributed by atoms with Crippen molar-refractivity contribution in [3.63, 3.8) is 0 Å². The molecular weight excluding hydrogens is 496 g/mol. The third kappa shape index (κ3) is 6.34. The van der Waals surface area contributed by atoms with Crippen LogP contribution in [0.2, 0.25) is 5.02 Å². The van der Waals surface area contributed by atoms with Crippen LogP contribution in [-0.2, 0) is 17.9 Å². The normalized spacial score (nSPS) is 19.5. The lowest BCUT2D eigenvalue weighted by atomic mass is 9.93. The van der Waals surface area contributed by atoms with Crippen LogP contribution in [0, 0.1) is 16.0 Å². The summed E-state index contributed by atoms with van der Waals surface area (Å²) in [4.78, 5) is 16.7. The maximum atomic E-state index is 10.9. The first-order valence-corrected chi connectivity index (χ1v) is 13.0. The Balaban J connectivity index is 1.02. The van der Waals surface area contributed by atoms with E-state index in [0.717, 1.165) is 55.3 Å². The van der Waals surface area contributed by atoms with Gasteiger partial charge in [0.05, 0.1) is 13.2 Å². The van der Waals surface area contributed by atoms with E-state index in [1.165, 1.54) is 11.9 Å². The molecule has 10 heteroatoms. The van der Waals surface area contributed by atoms with Crippen molar-refractivity contribution in [3.8, 4) is 11.8 Å². The lowest BCUT2D eigenvalue weighted by Crippen LogP contribution is -2.38. The Bertz CT molecular complexity index is 1180. The second kappa shape index (κ2) is 11.0. The van der Waals surface area contributed by atoms with Gasteiger partial charge < -0.3 is 29.2 Å². The van der Waals surface area contributed by atoms with Gasteiger partial charge in [-0.2, -0.15) is 0 Å². The summed E-state index contributed by atoms with van der Waals surface area (Å²) >= 11 is 5.93. The second-order valence-corrected chi connectivity index (χ2v) is 10.4. The van der Waals surface area contributed by atoms with Gasteiger partial charge in [0.15, 0.2) is 5.60 Å². The van der Waals surface area contributed by atoms with Crippen LogP contribution in [0.25, 0.3) is 0 Å². The van der Waals surface area contributed by atoms with E-state index in [2.05, 4.69) is 22.0 Å². The van der Waals surface area contributed by atoms with E-state index in [0.29, 0.717) is 25.7 Å². The number of nitro groups is 1. The smallest absolute Gasteiger partial charge is 0.415 e. The third-order valence-electron chi connectivity index (χ3n) is 6.97. The number of rotatable bonds is 10. The quantitative estimate of drug-likeness (QED) is 0.196. The molecule has 0 unspecified atom stereocenters. The monoisotopic (exact) mass is 526 g/mol. The molecule has 0 bridgehead atoms. The van der Waals surface area contributed by atoms with Crippen molar-refractivity contribution in [3.05, 3.63) is 75.4 Å². The molecule has 0 N–H and O–H groups in total. The number of ether oxygens (including phenoxy) is 3. The fourth-order valence-corrected chi connectivity index (χ4v) is 4.97. The minimum Gasteiger partial charge on any atom is -0.489 e. The number of hydrogen-bond acceptors (Lipinski definition) is 7. The number of anilines is 1. The SMILES string of the molecule is C[C@]1(COc2ccc(N3CCC(CCOCc4ccc(Cl)cc4)CC3)cc2)Cn2cc([N+](=O)[O-])nc2O1. The van der Waals surface area contributed by atoms with Crippen LogP contribution < -0.4 is 14.4 Å². The van der Waals surface area contributed by atoms with Gasteiger partial charge >= 0.3 is 11.8 Å². The summed E-state index contributed by atoms with van der Waals surface area (Å²) in [6.45, 7) is 6.14. The van der Waals surface area contributed by atoms with Gasteiger partial charge in [-0.25, -0.2) is 0 Å². The second-order valence-electron chi connectivity index (χ2n) is 10.00. The molecule has 9 nitrogen and oxygen atoms in total. The molecule has 196 valence electrons. The van der Waals surface area contributed by atoms with Crippen LogP contribution in [0.15, 0.2) is 54.7 Å². The number of hydrogen-bond donors (Lipinski definition) is 0. The van der Waals surface area contributed by atoms with E-state index < -0.39 is 10.5 Å².